The molecular formula is C27H18ClF3N2O5S. The van der Waals surface area contributed by atoms with E-state index in [9.17, 15) is 31.2 Å². The van der Waals surface area contributed by atoms with Gasteiger partial charge >= 0.3 is 5.97 Å². The SMILES string of the molecule is O=C1OC2(CCN(C(=O)c3cn(S(=O)(=O)c4cc(F)cc(F)c4)c4cc(Cl)ccc34)CC2)c2ccc(F)cc21. The molecule has 0 unspecified atom stereocenters. The normalized spacial score (nSPS) is 16.5. The third kappa shape index (κ3) is 4.07. The van der Waals surface area contributed by atoms with Crippen LogP contribution in [-0.4, -0.2) is 42.3 Å². The number of carbonyl (C=O) groups is 2. The van der Waals surface area contributed by atoms with Crippen molar-refractivity contribution in [1.29, 1.82) is 0 Å². The minimum atomic E-state index is -4.51. The van der Waals surface area contributed by atoms with Crippen LogP contribution >= 0.6 is 11.6 Å². The molecule has 0 atom stereocenters. The van der Waals surface area contributed by atoms with E-state index < -0.39 is 49.8 Å². The van der Waals surface area contributed by atoms with E-state index in [1.165, 1.54) is 35.2 Å². The maximum Gasteiger partial charge on any atom is 0.339 e. The van der Waals surface area contributed by atoms with Crippen molar-refractivity contribution in [2.75, 3.05) is 13.1 Å². The Labute approximate surface area is 225 Å². The summed E-state index contributed by atoms with van der Waals surface area (Å²) in [5.74, 6) is -3.80. The van der Waals surface area contributed by atoms with Crippen molar-refractivity contribution in [3.63, 3.8) is 0 Å². The third-order valence-corrected chi connectivity index (χ3v) is 9.08. The Morgan fingerprint density at radius 2 is 1.62 bits per heavy atom. The van der Waals surface area contributed by atoms with Crippen LogP contribution in [0.15, 0.2) is 65.7 Å². The Kier molecular flexibility index (Phi) is 5.78. The summed E-state index contributed by atoms with van der Waals surface area (Å²) in [7, 11) is -4.51. The van der Waals surface area contributed by atoms with Crippen molar-refractivity contribution in [3.05, 3.63) is 100.0 Å². The van der Waals surface area contributed by atoms with E-state index in [4.69, 9.17) is 16.3 Å². The summed E-state index contributed by atoms with van der Waals surface area (Å²) in [5, 5.41) is 0.470. The molecule has 6 rings (SSSR count). The van der Waals surface area contributed by atoms with Crippen LogP contribution in [0.5, 0.6) is 0 Å². The largest absolute Gasteiger partial charge is 0.450 e. The van der Waals surface area contributed by atoms with Crippen molar-refractivity contribution in [2.24, 2.45) is 0 Å². The number of fused-ring (bicyclic) bond motifs is 3. The number of likely N-dealkylation sites (tertiary alicyclic amines) is 1. The standard InChI is InChI=1S/C27H18ClF3N2O5S/c28-15-1-3-20-22(14-33(24(20)9-15)39(36,37)19-11-17(30)10-18(31)12-19)25(34)32-7-5-27(6-8-32)23-4-2-16(29)13-21(23)26(35)38-27/h1-4,9-14H,5-8H2. The number of esters is 1. The summed E-state index contributed by atoms with van der Waals surface area (Å²) in [4.78, 5) is 26.9. The zero-order valence-electron chi connectivity index (χ0n) is 20.0. The molecule has 2 aliphatic rings. The van der Waals surface area contributed by atoms with E-state index in [-0.39, 0.29) is 53.0 Å². The van der Waals surface area contributed by atoms with Gasteiger partial charge in [-0.3, -0.25) is 4.79 Å². The molecule has 1 amide bonds. The highest BCUT2D eigenvalue weighted by atomic mass is 35.5. The average Bonchev–Trinajstić information content (AvgIpc) is 3.39. The van der Waals surface area contributed by atoms with Crippen LogP contribution in [0.2, 0.25) is 5.02 Å². The first-order valence-corrected chi connectivity index (χ1v) is 13.7. The Bertz CT molecular complexity index is 1790. The van der Waals surface area contributed by atoms with E-state index in [2.05, 4.69) is 0 Å². The van der Waals surface area contributed by atoms with Gasteiger partial charge in [0.05, 0.1) is 21.5 Å². The molecule has 1 saturated heterocycles. The fourth-order valence-electron chi connectivity index (χ4n) is 5.31. The van der Waals surface area contributed by atoms with Gasteiger partial charge in [0.15, 0.2) is 0 Å². The number of halogens is 4. The van der Waals surface area contributed by atoms with E-state index in [0.717, 1.165) is 16.2 Å². The number of rotatable bonds is 3. The number of hydrogen-bond donors (Lipinski definition) is 0. The molecule has 0 N–H and O–H groups in total. The number of aromatic nitrogens is 1. The molecule has 200 valence electrons. The number of carbonyl (C=O) groups excluding carboxylic acids is 2. The summed E-state index contributed by atoms with van der Waals surface area (Å²) in [5.41, 5.74) is -0.147. The Morgan fingerprint density at radius 3 is 2.31 bits per heavy atom. The smallest absolute Gasteiger partial charge is 0.339 e. The molecule has 0 radical (unpaired) electrons. The van der Waals surface area contributed by atoms with E-state index in [1.807, 2.05) is 0 Å². The van der Waals surface area contributed by atoms with Gasteiger partial charge in [0, 0.05) is 54.2 Å². The molecule has 39 heavy (non-hydrogen) atoms. The van der Waals surface area contributed by atoms with Crippen LogP contribution in [0.25, 0.3) is 10.9 Å². The van der Waals surface area contributed by atoms with E-state index in [1.54, 1.807) is 0 Å². The lowest BCUT2D eigenvalue weighted by Gasteiger charge is -2.38. The Morgan fingerprint density at radius 1 is 0.923 bits per heavy atom. The number of piperidine rings is 1. The highest BCUT2D eigenvalue weighted by Crippen LogP contribution is 2.44. The maximum atomic E-state index is 13.8. The number of amides is 1. The van der Waals surface area contributed by atoms with Gasteiger partial charge in [-0.1, -0.05) is 23.7 Å². The second kappa shape index (κ2) is 8.85. The van der Waals surface area contributed by atoms with Gasteiger partial charge in [0.1, 0.15) is 23.1 Å². The number of ether oxygens (including phenoxy) is 1. The molecule has 4 aromatic rings. The van der Waals surface area contributed by atoms with E-state index in [0.29, 0.717) is 23.8 Å². The number of benzene rings is 3. The monoisotopic (exact) mass is 574 g/mol. The van der Waals surface area contributed by atoms with Gasteiger partial charge in [0.25, 0.3) is 15.9 Å². The lowest BCUT2D eigenvalue weighted by atomic mass is 9.83. The predicted molar refractivity (Wildman–Crippen MR) is 135 cm³/mol. The lowest BCUT2D eigenvalue weighted by Crippen LogP contribution is -2.45. The lowest BCUT2D eigenvalue weighted by molar-refractivity contribution is -0.0389. The van der Waals surface area contributed by atoms with Crippen molar-refractivity contribution in [2.45, 2.75) is 23.3 Å². The van der Waals surface area contributed by atoms with Crippen LogP contribution in [0.1, 0.15) is 39.1 Å². The van der Waals surface area contributed by atoms with Crippen molar-refractivity contribution >= 4 is 44.4 Å². The first kappa shape index (κ1) is 25.4. The molecule has 3 aromatic carbocycles. The molecule has 3 heterocycles. The highest BCUT2D eigenvalue weighted by Gasteiger charge is 2.48. The molecule has 1 fully saturated rings. The van der Waals surface area contributed by atoms with Crippen molar-refractivity contribution in [3.8, 4) is 0 Å². The molecule has 0 saturated carbocycles. The van der Waals surface area contributed by atoms with Crippen molar-refractivity contribution < 1.29 is 35.9 Å². The van der Waals surface area contributed by atoms with Crippen LogP contribution in [0.4, 0.5) is 13.2 Å². The zero-order valence-corrected chi connectivity index (χ0v) is 21.5. The second-order valence-electron chi connectivity index (χ2n) is 9.48. The van der Waals surface area contributed by atoms with E-state index >= 15 is 0 Å². The summed E-state index contributed by atoms with van der Waals surface area (Å²) >= 11 is 6.12. The average molecular weight is 575 g/mol. The van der Waals surface area contributed by atoms with Crippen LogP contribution in [0.3, 0.4) is 0 Å². The minimum absolute atomic E-state index is 0.0453. The summed E-state index contributed by atoms with van der Waals surface area (Å²) in [6, 6.07) is 10.2. The van der Waals surface area contributed by atoms with Crippen molar-refractivity contribution in [1.82, 2.24) is 8.87 Å². The maximum absolute atomic E-state index is 13.8. The molecule has 0 bridgehead atoms. The Balaban J connectivity index is 1.35. The fraction of sp³-hybridized carbons (Fsp3) is 0.185. The predicted octanol–water partition coefficient (Wildman–Crippen LogP) is 5.25. The summed E-state index contributed by atoms with van der Waals surface area (Å²) in [6.45, 7) is 0.343. The van der Waals surface area contributed by atoms with Gasteiger partial charge in [-0.05, 0) is 36.4 Å². The van der Waals surface area contributed by atoms with Crippen LogP contribution < -0.4 is 0 Å². The van der Waals surface area contributed by atoms with Gasteiger partial charge in [-0.25, -0.2) is 30.4 Å². The zero-order chi connectivity index (χ0) is 27.7. The number of hydrogen-bond acceptors (Lipinski definition) is 5. The molecule has 12 heteroatoms. The molecule has 1 aromatic heterocycles. The first-order chi connectivity index (χ1) is 18.5. The first-order valence-electron chi connectivity index (χ1n) is 11.8. The van der Waals surface area contributed by atoms with Gasteiger partial charge in [-0.2, -0.15) is 0 Å². The summed E-state index contributed by atoms with van der Waals surface area (Å²) < 4.78 is 74.6. The Hall–Kier alpha value is -3.83. The summed E-state index contributed by atoms with van der Waals surface area (Å²) in [6.07, 6.45) is 1.63. The number of nitrogens with zero attached hydrogens (tertiary/aromatic N) is 2. The molecule has 7 nitrogen and oxygen atoms in total. The van der Waals surface area contributed by atoms with Crippen LogP contribution in [0, 0.1) is 17.5 Å². The third-order valence-electron chi connectivity index (χ3n) is 7.20. The molecular weight excluding hydrogens is 557 g/mol. The van der Waals surface area contributed by atoms with Gasteiger partial charge in [-0.15, -0.1) is 0 Å². The molecule has 2 aliphatic heterocycles. The highest BCUT2D eigenvalue weighted by molar-refractivity contribution is 7.90. The van der Waals surface area contributed by atoms with Gasteiger partial charge < -0.3 is 9.64 Å². The van der Waals surface area contributed by atoms with Gasteiger partial charge in [0.2, 0.25) is 0 Å². The fourth-order valence-corrected chi connectivity index (χ4v) is 6.89. The second-order valence-corrected chi connectivity index (χ2v) is 11.7. The quantitative estimate of drug-likeness (QED) is 0.312. The minimum Gasteiger partial charge on any atom is -0.450 e. The molecule has 1 spiro atoms. The van der Waals surface area contributed by atoms with Crippen LogP contribution in [-0.2, 0) is 20.4 Å². The molecule has 0 aliphatic carbocycles. The topological polar surface area (TPSA) is 85.7 Å².